The first kappa shape index (κ1) is 58.6. The van der Waals surface area contributed by atoms with E-state index in [9.17, 15) is 30.3 Å². The Bertz CT molecular complexity index is 1210. The number of ether oxygens (including phenoxy) is 2. The van der Waals surface area contributed by atoms with Gasteiger partial charge in [-0.15, -0.1) is 0 Å². The van der Waals surface area contributed by atoms with Crippen LogP contribution in [0.4, 0.5) is 0 Å². The lowest BCUT2D eigenvalue weighted by molar-refractivity contribution is -0.302. The zero-order chi connectivity index (χ0) is 45.9. The maximum absolute atomic E-state index is 13.0. The van der Waals surface area contributed by atoms with Gasteiger partial charge in [0.25, 0.3) is 0 Å². The van der Waals surface area contributed by atoms with Crippen molar-refractivity contribution < 1.29 is 39.8 Å². The van der Waals surface area contributed by atoms with Crippen LogP contribution in [0.15, 0.2) is 72.9 Å². The van der Waals surface area contributed by atoms with Crippen LogP contribution in [0.5, 0.6) is 0 Å². The molecule has 0 aromatic carbocycles. The third kappa shape index (κ3) is 33.7. The maximum atomic E-state index is 13.0. The Morgan fingerprint density at radius 1 is 0.556 bits per heavy atom. The molecule has 9 nitrogen and oxygen atoms in total. The molecule has 1 fully saturated rings. The highest BCUT2D eigenvalue weighted by atomic mass is 16.7. The molecule has 0 bridgehead atoms. The van der Waals surface area contributed by atoms with E-state index >= 15 is 0 Å². The van der Waals surface area contributed by atoms with Crippen LogP contribution in [-0.2, 0) is 14.3 Å². The van der Waals surface area contributed by atoms with E-state index in [1.165, 1.54) is 83.5 Å². The fraction of sp³-hybridized carbons (Fsp3) is 0.759. The Hall–Kier alpha value is -2.37. The van der Waals surface area contributed by atoms with Gasteiger partial charge in [0.2, 0.25) is 5.91 Å². The zero-order valence-electron chi connectivity index (χ0n) is 40.1. The van der Waals surface area contributed by atoms with Crippen LogP contribution in [0.3, 0.4) is 0 Å². The van der Waals surface area contributed by atoms with Crippen LogP contribution in [0.25, 0.3) is 0 Å². The molecule has 7 unspecified atom stereocenters. The van der Waals surface area contributed by atoms with Gasteiger partial charge in [-0.05, 0) is 64.2 Å². The summed E-state index contributed by atoms with van der Waals surface area (Å²) in [5, 5.41) is 54.5. The third-order valence-electron chi connectivity index (χ3n) is 11.8. The van der Waals surface area contributed by atoms with Gasteiger partial charge in [0.1, 0.15) is 24.4 Å². The minimum atomic E-state index is -1.56. The molecule has 0 aliphatic carbocycles. The maximum Gasteiger partial charge on any atom is 0.220 e. The fourth-order valence-corrected chi connectivity index (χ4v) is 7.75. The van der Waals surface area contributed by atoms with E-state index in [0.29, 0.717) is 12.8 Å². The molecule has 1 saturated heterocycles. The van der Waals surface area contributed by atoms with Gasteiger partial charge in [0, 0.05) is 6.42 Å². The van der Waals surface area contributed by atoms with Gasteiger partial charge in [-0.2, -0.15) is 0 Å². The summed E-state index contributed by atoms with van der Waals surface area (Å²) in [6.45, 7) is 3.71. The number of carbonyl (C=O) groups excluding carboxylic acids is 1. The van der Waals surface area contributed by atoms with Crippen LogP contribution in [-0.4, -0.2) is 87.5 Å². The molecule has 0 aromatic rings. The van der Waals surface area contributed by atoms with Crippen LogP contribution in [0.1, 0.15) is 206 Å². The summed E-state index contributed by atoms with van der Waals surface area (Å²) in [7, 11) is 0. The Labute approximate surface area is 385 Å². The number of unbranched alkanes of at least 4 members (excludes halogenated alkanes) is 20. The number of nitrogens with one attached hydrogen (secondary N) is 1. The Morgan fingerprint density at radius 3 is 1.46 bits per heavy atom. The second kappa shape index (κ2) is 43.5. The van der Waals surface area contributed by atoms with Crippen molar-refractivity contribution in [3.05, 3.63) is 72.9 Å². The summed E-state index contributed by atoms with van der Waals surface area (Å²) >= 11 is 0. The number of amides is 1. The molecule has 6 N–H and O–H groups in total. The zero-order valence-corrected chi connectivity index (χ0v) is 40.1. The summed E-state index contributed by atoms with van der Waals surface area (Å²) < 4.78 is 11.3. The van der Waals surface area contributed by atoms with Crippen molar-refractivity contribution in [2.75, 3.05) is 13.2 Å². The van der Waals surface area contributed by atoms with Gasteiger partial charge in [0.15, 0.2) is 6.29 Å². The number of hydrogen-bond acceptors (Lipinski definition) is 8. The fourth-order valence-electron chi connectivity index (χ4n) is 7.75. The molecule has 9 heteroatoms. The number of aliphatic hydroxyl groups is 5. The van der Waals surface area contributed by atoms with E-state index in [4.69, 9.17) is 9.47 Å². The molecule has 1 aliphatic heterocycles. The summed E-state index contributed by atoms with van der Waals surface area (Å²) in [6.07, 6.45) is 51.9. The van der Waals surface area contributed by atoms with Gasteiger partial charge >= 0.3 is 0 Å². The van der Waals surface area contributed by atoms with E-state index in [0.717, 1.165) is 96.3 Å². The van der Waals surface area contributed by atoms with E-state index in [-0.39, 0.29) is 12.5 Å². The number of rotatable bonds is 42. The van der Waals surface area contributed by atoms with Crippen molar-refractivity contribution >= 4 is 5.91 Å². The number of carbonyl (C=O) groups is 1. The van der Waals surface area contributed by atoms with Crippen LogP contribution in [0, 0.1) is 0 Å². The lowest BCUT2D eigenvalue weighted by atomic mass is 9.99. The lowest BCUT2D eigenvalue weighted by Crippen LogP contribution is -2.60. The molecule has 1 amide bonds. The van der Waals surface area contributed by atoms with Crippen molar-refractivity contribution in [1.29, 1.82) is 0 Å². The molecule has 364 valence electrons. The largest absolute Gasteiger partial charge is 0.394 e. The summed E-state index contributed by atoms with van der Waals surface area (Å²) in [5.74, 6) is -0.161. The molecule has 0 aromatic heterocycles. The van der Waals surface area contributed by atoms with Gasteiger partial charge in [-0.25, -0.2) is 0 Å². The molecule has 0 saturated carbocycles. The highest BCUT2D eigenvalue weighted by molar-refractivity contribution is 5.76. The SMILES string of the molecule is CC/C=C\C/C=C\C/C=C\C/C=C\C/C=C\C/C=C\CCCCCCCCC(=O)NC(COC1OC(CO)C(O)C(O)C1O)C(O)CCCCCCCCCCCCCCCCC. The van der Waals surface area contributed by atoms with Gasteiger partial charge in [-0.1, -0.05) is 209 Å². The predicted octanol–water partition coefficient (Wildman–Crippen LogP) is 11.7. The minimum absolute atomic E-state index is 0.148. The van der Waals surface area contributed by atoms with Crippen molar-refractivity contribution in [3.63, 3.8) is 0 Å². The van der Waals surface area contributed by atoms with Gasteiger partial charge < -0.3 is 40.3 Å². The number of allylic oxidation sites excluding steroid dienone is 12. The normalized spacial score (nSPS) is 20.8. The average Bonchev–Trinajstić information content (AvgIpc) is 3.28. The highest BCUT2D eigenvalue weighted by Gasteiger charge is 2.44. The Balaban J connectivity index is 2.28. The minimum Gasteiger partial charge on any atom is -0.394 e. The number of hydrogen-bond donors (Lipinski definition) is 6. The quantitative estimate of drug-likeness (QED) is 0.0262. The van der Waals surface area contributed by atoms with Crippen molar-refractivity contribution in [3.8, 4) is 0 Å². The van der Waals surface area contributed by atoms with Crippen molar-refractivity contribution in [2.24, 2.45) is 0 Å². The Morgan fingerprint density at radius 2 is 0.984 bits per heavy atom. The van der Waals surface area contributed by atoms with E-state index in [1.807, 2.05) is 0 Å². The van der Waals surface area contributed by atoms with E-state index in [2.05, 4.69) is 92.1 Å². The average molecular weight is 886 g/mol. The van der Waals surface area contributed by atoms with Gasteiger partial charge in [0.05, 0.1) is 25.4 Å². The van der Waals surface area contributed by atoms with Crippen LogP contribution < -0.4 is 5.32 Å². The van der Waals surface area contributed by atoms with Crippen molar-refractivity contribution in [1.82, 2.24) is 5.32 Å². The molecule has 1 rings (SSSR count). The monoisotopic (exact) mass is 886 g/mol. The smallest absolute Gasteiger partial charge is 0.220 e. The van der Waals surface area contributed by atoms with Crippen LogP contribution >= 0.6 is 0 Å². The molecule has 63 heavy (non-hydrogen) atoms. The summed E-state index contributed by atoms with van der Waals surface area (Å²) in [5.41, 5.74) is 0. The third-order valence-corrected chi connectivity index (χ3v) is 11.8. The molecule has 0 radical (unpaired) electrons. The highest BCUT2D eigenvalue weighted by Crippen LogP contribution is 2.23. The second-order valence-corrected chi connectivity index (χ2v) is 17.6. The van der Waals surface area contributed by atoms with E-state index in [1.54, 1.807) is 0 Å². The first-order valence-corrected chi connectivity index (χ1v) is 25.6. The molecular weight excluding hydrogens is 791 g/mol. The van der Waals surface area contributed by atoms with Crippen LogP contribution in [0.2, 0.25) is 0 Å². The Kier molecular flexibility index (Phi) is 40.5. The number of aliphatic hydroxyl groups excluding tert-OH is 5. The van der Waals surface area contributed by atoms with Gasteiger partial charge in [-0.3, -0.25) is 4.79 Å². The standard InChI is InChI=1S/C54H95NO8/c1-3-5-7-9-11-13-15-17-19-20-21-22-23-24-25-26-27-28-30-32-34-36-38-40-42-44-50(58)55-47(46-62-54-53(61)52(60)51(59)49(45-56)63-54)48(57)43-41-39-37-35-33-31-29-18-16-14-12-10-8-6-4-2/h5,7,11,13,17,19,21-22,24-25,27-28,47-49,51-54,56-57,59-61H,3-4,6,8-10,12,14-16,18,20,23,26,29-46H2,1-2H3,(H,55,58)/b7-5-,13-11-,19-17-,22-21-,25-24-,28-27-. The molecule has 1 heterocycles. The summed E-state index contributed by atoms with van der Waals surface area (Å²) in [6, 6.07) is -0.731. The molecule has 1 aliphatic rings. The van der Waals surface area contributed by atoms with E-state index < -0.39 is 49.5 Å². The lowest BCUT2D eigenvalue weighted by Gasteiger charge is -2.40. The first-order valence-electron chi connectivity index (χ1n) is 25.6. The molecule has 7 atom stereocenters. The predicted molar refractivity (Wildman–Crippen MR) is 262 cm³/mol. The van der Waals surface area contributed by atoms with Crippen molar-refractivity contribution in [2.45, 2.75) is 249 Å². The second-order valence-electron chi connectivity index (χ2n) is 17.6. The molecule has 0 spiro atoms. The summed E-state index contributed by atoms with van der Waals surface area (Å²) in [4.78, 5) is 13.0. The molecular formula is C54H95NO8. The first-order chi connectivity index (χ1) is 30.8. The topological polar surface area (TPSA) is 149 Å².